The molecule has 1 aromatic carbocycles. The van der Waals surface area contributed by atoms with Crippen molar-refractivity contribution in [3.05, 3.63) is 53.9 Å². The molecule has 0 aliphatic heterocycles. The van der Waals surface area contributed by atoms with Crippen LogP contribution in [-0.4, -0.2) is 23.3 Å². The van der Waals surface area contributed by atoms with Gasteiger partial charge in [0, 0.05) is 17.2 Å². The molecule has 0 spiro atoms. The van der Waals surface area contributed by atoms with Crippen LogP contribution in [0.2, 0.25) is 0 Å². The molecule has 0 saturated heterocycles. The van der Waals surface area contributed by atoms with Crippen molar-refractivity contribution in [2.24, 2.45) is 5.92 Å². The summed E-state index contributed by atoms with van der Waals surface area (Å²) in [5, 5.41) is 1.72. The van der Waals surface area contributed by atoms with E-state index in [1.807, 2.05) is 44.2 Å². The van der Waals surface area contributed by atoms with Crippen LogP contribution in [0, 0.1) is 5.92 Å². The Hall–Kier alpha value is -2.49. The number of carbonyl (C=O) groups is 2. The monoisotopic (exact) mass is 297 g/mol. The normalized spacial score (nSPS) is 11.7. The van der Waals surface area contributed by atoms with E-state index in [4.69, 9.17) is 4.74 Å². The van der Waals surface area contributed by atoms with Crippen molar-refractivity contribution in [1.82, 2.24) is 4.98 Å². The molecule has 0 N–H and O–H groups in total. The van der Waals surface area contributed by atoms with Gasteiger partial charge in [0.15, 0.2) is 0 Å². The third-order valence-corrected chi connectivity index (χ3v) is 3.33. The van der Waals surface area contributed by atoms with Gasteiger partial charge >= 0.3 is 5.97 Å². The fourth-order valence-corrected chi connectivity index (χ4v) is 2.20. The molecule has 0 atom stereocenters. The SMILES string of the molecule is CCOC(=O)/C(=C\C(=O)c1nccc2ccccc12)C(C)C. The third-order valence-electron chi connectivity index (χ3n) is 3.33. The summed E-state index contributed by atoms with van der Waals surface area (Å²) in [5.41, 5.74) is 0.710. The largest absolute Gasteiger partial charge is 0.463 e. The highest BCUT2D eigenvalue weighted by Gasteiger charge is 2.18. The minimum absolute atomic E-state index is 0.0991. The van der Waals surface area contributed by atoms with Crippen molar-refractivity contribution in [2.45, 2.75) is 20.8 Å². The standard InChI is InChI=1S/C18H19NO3/c1-4-22-18(21)15(12(2)3)11-16(20)17-14-8-6-5-7-13(14)9-10-19-17/h5-12H,4H2,1-3H3/b15-11-. The number of pyridine rings is 1. The highest BCUT2D eigenvalue weighted by molar-refractivity contribution is 6.14. The number of esters is 1. The Bertz CT molecular complexity index is 727. The summed E-state index contributed by atoms with van der Waals surface area (Å²) in [6, 6.07) is 9.39. The fourth-order valence-electron chi connectivity index (χ4n) is 2.20. The van der Waals surface area contributed by atoms with E-state index >= 15 is 0 Å². The van der Waals surface area contributed by atoms with E-state index in [0.29, 0.717) is 11.3 Å². The first-order valence-electron chi connectivity index (χ1n) is 7.31. The van der Waals surface area contributed by atoms with Crippen molar-refractivity contribution in [1.29, 1.82) is 0 Å². The summed E-state index contributed by atoms with van der Waals surface area (Å²) in [7, 11) is 0. The first-order valence-corrected chi connectivity index (χ1v) is 7.31. The van der Waals surface area contributed by atoms with Gasteiger partial charge in [-0.05, 0) is 30.4 Å². The second-order valence-corrected chi connectivity index (χ2v) is 5.22. The number of fused-ring (bicyclic) bond motifs is 1. The van der Waals surface area contributed by atoms with Crippen LogP contribution in [0.4, 0.5) is 0 Å². The zero-order valence-corrected chi connectivity index (χ0v) is 13.0. The summed E-state index contributed by atoms with van der Waals surface area (Å²) in [6.45, 7) is 5.73. The summed E-state index contributed by atoms with van der Waals surface area (Å²) in [4.78, 5) is 28.7. The number of hydrogen-bond donors (Lipinski definition) is 0. The minimum Gasteiger partial charge on any atom is -0.463 e. The van der Waals surface area contributed by atoms with Crippen molar-refractivity contribution in [3.63, 3.8) is 0 Å². The van der Waals surface area contributed by atoms with Crippen LogP contribution in [0.1, 0.15) is 31.3 Å². The predicted molar refractivity (Wildman–Crippen MR) is 85.6 cm³/mol. The molecule has 0 aliphatic carbocycles. The smallest absolute Gasteiger partial charge is 0.334 e. The Morgan fingerprint density at radius 2 is 1.95 bits per heavy atom. The number of nitrogens with zero attached hydrogens (tertiary/aromatic N) is 1. The number of ether oxygens (including phenoxy) is 1. The maximum absolute atomic E-state index is 12.5. The Balaban J connectivity index is 2.44. The zero-order chi connectivity index (χ0) is 16.1. The lowest BCUT2D eigenvalue weighted by Gasteiger charge is -2.10. The lowest BCUT2D eigenvalue weighted by Crippen LogP contribution is -2.14. The van der Waals surface area contributed by atoms with Crippen LogP contribution in [0.5, 0.6) is 0 Å². The Kier molecular flexibility index (Phi) is 5.04. The van der Waals surface area contributed by atoms with Crippen LogP contribution in [0.15, 0.2) is 48.2 Å². The molecule has 0 radical (unpaired) electrons. The molecule has 114 valence electrons. The Morgan fingerprint density at radius 1 is 1.23 bits per heavy atom. The summed E-state index contributed by atoms with van der Waals surface area (Å²) in [5.74, 6) is -0.836. The first kappa shape index (κ1) is 15.9. The Morgan fingerprint density at radius 3 is 2.64 bits per heavy atom. The molecule has 0 unspecified atom stereocenters. The molecule has 22 heavy (non-hydrogen) atoms. The molecule has 0 fully saturated rings. The number of ketones is 1. The maximum Gasteiger partial charge on any atom is 0.334 e. The van der Waals surface area contributed by atoms with Crippen LogP contribution >= 0.6 is 0 Å². The van der Waals surface area contributed by atoms with Gasteiger partial charge in [0.1, 0.15) is 5.69 Å². The number of rotatable bonds is 5. The average Bonchev–Trinajstić information content (AvgIpc) is 2.51. The van der Waals surface area contributed by atoms with Crippen molar-refractivity contribution in [3.8, 4) is 0 Å². The highest BCUT2D eigenvalue weighted by Crippen LogP contribution is 2.19. The number of carbonyl (C=O) groups excluding carboxylic acids is 2. The number of hydrogen-bond acceptors (Lipinski definition) is 4. The summed E-state index contributed by atoms with van der Waals surface area (Å²) >= 11 is 0. The first-order chi connectivity index (χ1) is 10.5. The van der Waals surface area contributed by atoms with Gasteiger partial charge in [0.05, 0.1) is 6.61 Å². The van der Waals surface area contributed by atoms with Crippen LogP contribution in [-0.2, 0) is 9.53 Å². The quantitative estimate of drug-likeness (QED) is 0.481. The van der Waals surface area contributed by atoms with E-state index < -0.39 is 5.97 Å². The van der Waals surface area contributed by atoms with Gasteiger partial charge in [-0.15, -0.1) is 0 Å². The van der Waals surface area contributed by atoms with E-state index in [9.17, 15) is 9.59 Å². The lowest BCUT2D eigenvalue weighted by molar-refractivity contribution is -0.139. The third kappa shape index (κ3) is 3.39. The molecule has 2 rings (SSSR count). The zero-order valence-electron chi connectivity index (χ0n) is 13.0. The second kappa shape index (κ2) is 6.98. The van der Waals surface area contributed by atoms with Crippen molar-refractivity contribution < 1.29 is 14.3 Å². The molecular formula is C18H19NO3. The van der Waals surface area contributed by atoms with Crippen LogP contribution in [0.3, 0.4) is 0 Å². The molecular weight excluding hydrogens is 278 g/mol. The van der Waals surface area contributed by atoms with Gasteiger partial charge in [0.2, 0.25) is 5.78 Å². The van der Waals surface area contributed by atoms with Gasteiger partial charge in [-0.25, -0.2) is 4.79 Å². The topological polar surface area (TPSA) is 56.3 Å². The molecule has 1 heterocycles. The van der Waals surface area contributed by atoms with Crippen molar-refractivity contribution >= 4 is 22.5 Å². The predicted octanol–water partition coefficient (Wildman–Crippen LogP) is 3.56. The fraction of sp³-hybridized carbons (Fsp3) is 0.278. The molecule has 4 nitrogen and oxygen atoms in total. The van der Waals surface area contributed by atoms with Gasteiger partial charge in [-0.3, -0.25) is 9.78 Å². The van der Waals surface area contributed by atoms with E-state index in [1.165, 1.54) is 6.08 Å². The Labute approximate surface area is 129 Å². The molecule has 4 heteroatoms. The average molecular weight is 297 g/mol. The maximum atomic E-state index is 12.5. The van der Waals surface area contributed by atoms with Gasteiger partial charge in [-0.1, -0.05) is 38.1 Å². The number of allylic oxidation sites excluding steroid dienone is 1. The lowest BCUT2D eigenvalue weighted by atomic mass is 9.99. The molecule has 0 saturated carbocycles. The van der Waals surface area contributed by atoms with Gasteiger partial charge in [0.25, 0.3) is 0 Å². The molecule has 0 amide bonds. The second-order valence-electron chi connectivity index (χ2n) is 5.22. The van der Waals surface area contributed by atoms with E-state index in [-0.39, 0.29) is 18.3 Å². The van der Waals surface area contributed by atoms with Gasteiger partial charge < -0.3 is 4.74 Å². The molecule has 1 aromatic heterocycles. The van der Waals surface area contributed by atoms with E-state index in [2.05, 4.69) is 4.98 Å². The summed E-state index contributed by atoms with van der Waals surface area (Å²) < 4.78 is 5.01. The van der Waals surface area contributed by atoms with Crippen LogP contribution in [0.25, 0.3) is 10.8 Å². The number of benzene rings is 1. The minimum atomic E-state index is -0.453. The van der Waals surface area contributed by atoms with Gasteiger partial charge in [-0.2, -0.15) is 0 Å². The van der Waals surface area contributed by atoms with Crippen molar-refractivity contribution in [2.75, 3.05) is 6.61 Å². The number of aromatic nitrogens is 1. The highest BCUT2D eigenvalue weighted by atomic mass is 16.5. The van der Waals surface area contributed by atoms with E-state index in [0.717, 1.165) is 10.8 Å². The summed E-state index contributed by atoms with van der Waals surface area (Å²) in [6.07, 6.45) is 2.94. The van der Waals surface area contributed by atoms with Crippen LogP contribution < -0.4 is 0 Å². The van der Waals surface area contributed by atoms with E-state index in [1.54, 1.807) is 13.1 Å². The molecule has 2 aromatic rings. The molecule has 0 bridgehead atoms. The molecule has 0 aliphatic rings.